The molecule has 1 N–H and O–H groups in total. The molecule has 0 saturated heterocycles. The minimum Gasteiger partial charge on any atom is -0.355 e. The molecule has 3 aromatic rings. The second-order valence-corrected chi connectivity index (χ2v) is 7.91. The Bertz CT molecular complexity index is 1130. The van der Waals surface area contributed by atoms with Gasteiger partial charge in [0.25, 0.3) is 5.56 Å². The fraction of sp³-hybridized carbons (Fsp3) is 0.455. The zero-order valence-corrected chi connectivity index (χ0v) is 17.8. The van der Waals surface area contributed by atoms with E-state index in [9.17, 15) is 14.4 Å². The predicted molar refractivity (Wildman–Crippen MR) is 117 cm³/mol. The summed E-state index contributed by atoms with van der Waals surface area (Å²) in [7, 11) is 0. The Balaban J connectivity index is 2.11. The van der Waals surface area contributed by atoms with Crippen LogP contribution in [0.15, 0.2) is 46.2 Å². The first-order valence-corrected chi connectivity index (χ1v) is 10.4. The number of carbonyl (C=O) groups excluding carboxylic acids is 1. The minimum absolute atomic E-state index is 0.270. The van der Waals surface area contributed by atoms with Crippen molar-refractivity contribution < 1.29 is 4.79 Å². The fourth-order valence-corrected chi connectivity index (χ4v) is 3.42. The lowest BCUT2D eigenvalue weighted by Gasteiger charge is -2.13. The lowest BCUT2D eigenvalue weighted by molar-refractivity contribution is -0.121. The van der Waals surface area contributed by atoms with E-state index < -0.39 is 11.2 Å². The highest BCUT2D eigenvalue weighted by Gasteiger charge is 2.20. The maximum atomic E-state index is 13.2. The molecular weight excluding hydrogens is 382 g/mol. The monoisotopic (exact) mass is 411 g/mol. The highest BCUT2D eigenvalue weighted by molar-refractivity contribution is 5.76. The summed E-state index contributed by atoms with van der Waals surface area (Å²) in [6.07, 6.45) is 3.39. The van der Waals surface area contributed by atoms with E-state index in [-0.39, 0.29) is 19.0 Å². The standard InChI is InChI=1S/C22H29N5O3/c1-4-5-11-23-18(28)14-27-21(29)19-20(24-15-25(19)12-16(2)3)26(22(27)30)13-17-9-7-6-8-10-17/h6-10,15-16H,4-5,11-14H2,1-3H3,(H,23,28). The van der Waals surface area contributed by atoms with Crippen molar-refractivity contribution in [1.29, 1.82) is 0 Å². The molecule has 0 saturated carbocycles. The molecule has 2 heterocycles. The van der Waals surface area contributed by atoms with E-state index in [1.807, 2.05) is 51.1 Å². The first-order chi connectivity index (χ1) is 14.4. The van der Waals surface area contributed by atoms with Gasteiger partial charge < -0.3 is 9.88 Å². The first-order valence-electron chi connectivity index (χ1n) is 10.4. The van der Waals surface area contributed by atoms with Crippen molar-refractivity contribution in [2.75, 3.05) is 6.54 Å². The molecule has 0 spiro atoms. The van der Waals surface area contributed by atoms with Gasteiger partial charge in [0.1, 0.15) is 6.54 Å². The number of nitrogens with zero attached hydrogens (tertiary/aromatic N) is 4. The van der Waals surface area contributed by atoms with Gasteiger partial charge >= 0.3 is 5.69 Å². The second-order valence-electron chi connectivity index (χ2n) is 7.91. The Morgan fingerprint density at radius 1 is 1.13 bits per heavy atom. The van der Waals surface area contributed by atoms with Gasteiger partial charge in [0.05, 0.1) is 12.9 Å². The van der Waals surface area contributed by atoms with E-state index in [4.69, 9.17) is 0 Å². The van der Waals surface area contributed by atoms with Crippen LogP contribution in [-0.2, 0) is 24.4 Å². The van der Waals surface area contributed by atoms with E-state index in [0.717, 1.165) is 23.0 Å². The molecule has 0 aliphatic rings. The topological polar surface area (TPSA) is 90.9 Å². The SMILES string of the molecule is CCCCNC(=O)Cn1c(=O)c2c(ncn2CC(C)C)n(Cc2ccccc2)c1=O. The van der Waals surface area contributed by atoms with E-state index in [1.54, 1.807) is 10.9 Å². The average molecular weight is 412 g/mol. The van der Waals surface area contributed by atoms with Gasteiger partial charge in [-0.15, -0.1) is 0 Å². The maximum absolute atomic E-state index is 13.2. The van der Waals surface area contributed by atoms with Crippen LogP contribution in [-0.4, -0.2) is 31.1 Å². The van der Waals surface area contributed by atoms with E-state index in [0.29, 0.717) is 30.2 Å². The van der Waals surface area contributed by atoms with Crippen LogP contribution in [0.1, 0.15) is 39.2 Å². The summed E-state index contributed by atoms with van der Waals surface area (Å²) in [4.78, 5) is 43.1. The molecule has 0 bridgehead atoms. The van der Waals surface area contributed by atoms with Crippen molar-refractivity contribution in [2.45, 2.75) is 53.2 Å². The Morgan fingerprint density at radius 2 is 1.87 bits per heavy atom. The number of nitrogens with one attached hydrogen (secondary N) is 1. The number of hydrogen-bond acceptors (Lipinski definition) is 4. The molecule has 1 amide bonds. The molecule has 160 valence electrons. The smallest absolute Gasteiger partial charge is 0.333 e. The van der Waals surface area contributed by atoms with Crippen LogP contribution in [0.3, 0.4) is 0 Å². The van der Waals surface area contributed by atoms with Crippen molar-refractivity contribution >= 4 is 17.1 Å². The quantitative estimate of drug-likeness (QED) is 0.545. The Morgan fingerprint density at radius 3 is 2.53 bits per heavy atom. The van der Waals surface area contributed by atoms with Gasteiger partial charge in [-0.25, -0.2) is 14.3 Å². The lowest BCUT2D eigenvalue weighted by Crippen LogP contribution is -2.44. The number of benzene rings is 1. The van der Waals surface area contributed by atoms with E-state index in [2.05, 4.69) is 10.3 Å². The molecular formula is C22H29N5O3. The highest BCUT2D eigenvalue weighted by atomic mass is 16.2. The molecule has 0 fully saturated rings. The van der Waals surface area contributed by atoms with Crippen molar-refractivity contribution in [3.05, 3.63) is 63.1 Å². The summed E-state index contributed by atoms with van der Waals surface area (Å²) in [5.41, 5.74) is 0.592. The van der Waals surface area contributed by atoms with Crippen molar-refractivity contribution in [1.82, 2.24) is 24.0 Å². The van der Waals surface area contributed by atoms with Crippen molar-refractivity contribution in [3.63, 3.8) is 0 Å². The second kappa shape index (κ2) is 9.56. The molecule has 0 atom stereocenters. The number of imidazole rings is 1. The molecule has 0 aliphatic carbocycles. The van der Waals surface area contributed by atoms with Crippen LogP contribution in [0.25, 0.3) is 11.2 Å². The summed E-state index contributed by atoms with van der Waals surface area (Å²) in [6.45, 7) is 7.21. The van der Waals surface area contributed by atoms with Gasteiger partial charge in [-0.2, -0.15) is 0 Å². The molecule has 0 unspecified atom stereocenters. The van der Waals surface area contributed by atoms with Crippen LogP contribution >= 0.6 is 0 Å². The van der Waals surface area contributed by atoms with Gasteiger partial charge in [-0.1, -0.05) is 57.5 Å². The summed E-state index contributed by atoms with van der Waals surface area (Å²) in [5, 5.41) is 2.78. The number of hydrogen-bond donors (Lipinski definition) is 1. The molecule has 0 aliphatic heterocycles. The number of rotatable bonds is 9. The number of aromatic nitrogens is 4. The van der Waals surface area contributed by atoms with Gasteiger partial charge in [-0.05, 0) is 17.9 Å². The van der Waals surface area contributed by atoms with Gasteiger partial charge in [0.2, 0.25) is 5.91 Å². The van der Waals surface area contributed by atoms with Crippen LogP contribution < -0.4 is 16.6 Å². The third kappa shape index (κ3) is 4.69. The van der Waals surface area contributed by atoms with Gasteiger partial charge in [-0.3, -0.25) is 14.2 Å². The number of carbonyl (C=O) groups is 1. The maximum Gasteiger partial charge on any atom is 0.333 e. The van der Waals surface area contributed by atoms with Gasteiger partial charge in [0, 0.05) is 13.1 Å². The summed E-state index contributed by atoms with van der Waals surface area (Å²) >= 11 is 0. The van der Waals surface area contributed by atoms with E-state index in [1.165, 1.54) is 4.57 Å². The normalized spacial score (nSPS) is 11.3. The average Bonchev–Trinajstić information content (AvgIpc) is 3.12. The summed E-state index contributed by atoms with van der Waals surface area (Å²) in [5.74, 6) is -0.0507. The highest BCUT2D eigenvalue weighted by Crippen LogP contribution is 2.11. The molecule has 0 radical (unpaired) electrons. The van der Waals surface area contributed by atoms with Crippen LogP contribution in [0.2, 0.25) is 0 Å². The van der Waals surface area contributed by atoms with Crippen LogP contribution in [0, 0.1) is 5.92 Å². The Labute approximate surface area is 175 Å². The summed E-state index contributed by atoms with van der Waals surface area (Å²) in [6, 6.07) is 9.52. The molecule has 2 aromatic heterocycles. The van der Waals surface area contributed by atoms with Gasteiger partial charge in [0.15, 0.2) is 11.2 Å². The molecule has 1 aromatic carbocycles. The predicted octanol–water partition coefficient (Wildman–Crippen LogP) is 1.98. The van der Waals surface area contributed by atoms with Crippen molar-refractivity contribution in [3.8, 4) is 0 Å². The molecule has 3 rings (SSSR count). The number of unbranched alkanes of at least 4 members (excludes halogenated alkanes) is 1. The van der Waals surface area contributed by atoms with Crippen LogP contribution in [0.4, 0.5) is 0 Å². The number of fused-ring (bicyclic) bond motifs is 1. The zero-order chi connectivity index (χ0) is 21.7. The van der Waals surface area contributed by atoms with Crippen LogP contribution in [0.5, 0.6) is 0 Å². The summed E-state index contributed by atoms with van der Waals surface area (Å²) < 4.78 is 4.27. The lowest BCUT2D eigenvalue weighted by atomic mass is 10.2. The zero-order valence-electron chi connectivity index (χ0n) is 17.8. The third-order valence-corrected chi connectivity index (χ3v) is 4.88. The van der Waals surface area contributed by atoms with Crippen molar-refractivity contribution in [2.24, 2.45) is 5.92 Å². The van der Waals surface area contributed by atoms with E-state index >= 15 is 0 Å². The third-order valence-electron chi connectivity index (χ3n) is 4.88. The molecule has 30 heavy (non-hydrogen) atoms. The first kappa shape index (κ1) is 21.5. The molecule has 8 heteroatoms. The largest absolute Gasteiger partial charge is 0.355 e. The minimum atomic E-state index is -0.531. The fourth-order valence-electron chi connectivity index (χ4n) is 3.42. The Kier molecular flexibility index (Phi) is 6.87. The molecule has 8 nitrogen and oxygen atoms in total. The Hall–Kier alpha value is -3.16. The number of amides is 1.